The third-order valence-electron chi connectivity index (χ3n) is 2.89. The van der Waals surface area contributed by atoms with Gasteiger partial charge in [-0.2, -0.15) is 0 Å². The molecule has 0 heterocycles. The van der Waals surface area contributed by atoms with E-state index in [4.69, 9.17) is 11.6 Å². The van der Waals surface area contributed by atoms with Crippen LogP contribution < -0.4 is 5.32 Å². The van der Waals surface area contributed by atoms with Crippen LogP contribution in [0.1, 0.15) is 28.9 Å². The van der Waals surface area contributed by atoms with Gasteiger partial charge in [0.1, 0.15) is 11.6 Å². The molecule has 0 spiro atoms. The molecule has 0 saturated heterocycles. The van der Waals surface area contributed by atoms with E-state index in [2.05, 4.69) is 5.32 Å². The molecule has 0 fully saturated rings. The molecule has 5 heteroatoms. The van der Waals surface area contributed by atoms with Crippen LogP contribution in [0.3, 0.4) is 0 Å². The molecule has 0 aromatic heterocycles. The van der Waals surface area contributed by atoms with E-state index < -0.39 is 17.5 Å². The normalized spacial score (nSPS) is 12.0. The van der Waals surface area contributed by atoms with Gasteiger partial charge in [-0.05, 0) is 36.8 Å². The van der Waals surface area contributed by atoms with Crippen molar-refractivity contribution < 1.29 is 13.6 Å². The first-order valence-electron chi connectivity index (χ1n) is 5.99. The third kappa shape index (κ3) is 3.33. The Morgan fingerprint density at radius 2 is 1.80 bits per heavy atom. The van der Waals surface area contributed by atoms with E-state index in [1.807, 2.05) is 0 Å². The molecule has 2 nitrogen and oxygen atoms in total. The molecule has 1 N–H and O–H groups in total. The smallest absolute Gasteiger partial charge is 0.254 e. The van der Waals surface area contributed by atoms with Crippen LogP contribution in [-0.4, -0.2) is 5.91 Å². The zero-order chi connectivity index (χ0) is 14.7. The summed E-state index contributed by atoms with van der Waals surface area (Å²) in [6.45, 7) is 1.77. The summed E-state index contributed by atoms with van der Waals surface area (Å²) in [7, 11) is 0. The van der Waals surface area contributed by atoms with Gasteiger partial charge in [-0.3, -0.25) is 4.79 Å². The van der Waals surface area contributed by atoms with Crippen molar-refractivity contribution in [1.29, 1.82) is 0 Å². The molecule has 2 rings (SSSR count). The Kier molecular flexibility index (Phi) is 4.35. The zero-order valence-electron chi connectivity index (χ0n) is 10.7. The lowest BCUT2D eigenvalue weighted by Gasteiger charge is -2.14. The highest BCUT2D eigenvalue weighted by molar-refractivity contribution is 6.30. The SMILES string of the molecule is C[C@H](NC(=O)c1ccc(F)cc1F)c1ccc(Cl)cc1. The minimum Gasteiger partial charge on any atom is -0.345 e. The van der Waals surface area contributed by atoms with Gasteiger partial charge in [0.05, 0.1) is 11.6 Å². The Morgan fingerprint density at radius 3 is 2.40 bits per heavy atom. The maximum atomic E-state index is 13.5. The van der Waals surface area contributed by atoms with Crippen molar-refractivity contribution in [3.05, 3.63) is 70.2 Å². The van der Waals surface area contributed by atoms with Crippen molar-refractivity contribution in [2.45, 2.75) is 13.0 Å². The second-order valence-corrected chi connectivity index (χ2v) is 4.81. The summed E-state index contributed by atoms with van der Waals surface area (Å²) < 4.78 is 26.3. The second kappa shape index (κ2) is 6.01. The molecule has 0 aliphatic carbocycles. The molecular weight excluding hydrogens is 284 g/mol. The van der Waals surface area contributed by atoms with Gasteiger partial charge in [-0.15, -0.1) is 0 Å². The summed E-state index contributed by atoms with van der Waals surface area (Å²) in [5.41, 5.74) is 0.650. The van der Waals surface area contributed by atoms with Gasteiger partial charge in [-0.1, -0.05) is 23.7 Å². The number of rotatable bonds is 3. The van der Waals surface area contributed by atoms with Gasteiger partial charge in [0, 0.05) is 11.1 Å². The minimum atomic E-state index is -0.884. The Hall–Kier alpha value is -1.94. The first kappa shape index (κ1) is 14.5. The third-order valence-corrected chi connectivity index (χ3v) is 3.15. The number of hydrogen-bond acceptors (Lipinski definition) is 1. The molecule has 20 heavy (non-hydrogen) atoms. The van der Waals surface area contributed by atoms with Crippen LogP contribution in [0.15, 0.2) is 42.5 Å². The molecular formula is C15H12ClF2NO. The largest absolute Gasteiger partial charge is 0.345 e. The molecule has 2 aromatic rings. The number of amides is 1. The summed E-state index contributed by atoms with van der Waals surface area (Å²) in [5.74, 6) is -2.19. The molecule has 0 radical (unpaired) electrons. The predicted molar refractivity (Wildman–Crippen MR) is 73.7 cm³/mol. The number of carbonyl (C=O) groups is 1. The highest BCUT2D eigenvalue weighted by atomic mass is 35.5. The molecule has 104 valence electrons. The summed E-state index contributed by atoms with van der Waals surface area (Å²) in [6.07, 6.45) is 0. The summed E-state index contributed by atoms with van der Waals surface area (Å²) in [6, 6.07) is 9.49. The molecule has 0 bridgehead atoms. The monoisotopic (exact) mass is 295 g/mol. The average Bonchev–Trinajstić information content (AvgIpc) is 2.39. The Labute approximate surface area is 120 Å². The number of halogens is 3. The van der Waals surface area contributed by atoms with Gasteiger partial charge in [0.15, 0.2) is 0 Å². The standard InChI is InChI=1S/C15H12ClF2NO/c1-9(10-2-4-11(16)5-3-10)19-15(20)13-7-6-12(17)8-14(13)18/h2-9H,1H3,(H,19,20)/t9-/m0/s1. The molecule has 0 unspecified atom stereocenters. The van der Waals surface area contributed by atoms with E-state index in [-0.39, 0.29) is 11.6 Å². The fourth-order valence-corrected chi connectivity index (χ4v) is 1.91. The molecule has 2 aromatic carbocycles. The van der Waals surface area contributed by atoms with Crippen molar-refractivity contribution in [2.75, 3.05) is 0 Å². The topological polar surface area (TPSA) is 29.1 Å². The zero-order valence-corrected chi connectivity index (χ0v) is 11.4. The lowest BCUT2D eigenvalue weighted by Crippen LogP contribution is -2.27. The maximum Gasteiger partial charge on any atom is 0.254 e. The number of benzene rings is 2. The summed E-state index contributed by atoms with van der Waals surface area (Å²) in [5, 5.41) is 3.24. The number of nitrogens with one attached hydrogen (secondary N) is 1. The van der Waals surface area contributed by atoms with Crippen molar-refractivity contribution in [2.24, 2.45) is 0 Å². The first-order chi connectivity index (χ1) is 9.47. The van der Waals surface area contributed by atoms with E-state index in [9.17, 15) is 13.6 Å². The van der Waals surface area contributed by atoms with Gasteiger partial charge in [0.25, 0.3) is 5.91 Å². The minimum absolute atomic E-state index is 0.188. The molecule has 1 amide bonds. The van der Waals surface area contributed by atoms with E-state index >= 15 is 0 Å². The number of hydrogen-bond donors (Lipinski definition) is 1. The van der Waals surface area contributed by atoms with Crippen LogP contribution in [-0.2, 0) is 0 Å². The Balaban J connectivity index is 2.13. The van der Waals surface area contributed by atoms with Crippen LogP contribution in [0, 0.1) is 11.6 Å². The van der Waals surface area contributed by atoms with Crippen LogP contribution in [0.2, 0.25) is 5.02 Å². The van der Waals surface area contributed by atoms with Crippen molar-refractivity contribution in [3.63, 3.8) is 0 Å². The van der Waals surface area contributed by atoms with Crippen LogP contribution in [0.4, 0.5) is 8.78 Å². The Bertz CT molecular complexity index is 628. The van der Waals surface area contributed by atoms with Gasteiger partial charge in [-0.25, -0.2) is 8.78 Å². The van der Waals surface area contributed by atoms with E-state index in [1.54, 1.807) is 31.2 Å². The van der Waals surface area contributed by atoms with Crippen LogP contribution in [0.5, 0.6) is 0 Å². The lowest BCUT2D eigenvalue weighted by molar-refractivity contribution is 0.0935. The maximum absolute atomic E-state index is 13.5. The summed E-state index contributed by atoms with van der Waals surface area (Å²) in [4.78, 5) is 11.9. The quantitative estimate of drug-likeness (QED) is 0.907. The van der Waals surface area contributed by atoms with E-state index in [0.717, 1.165) is 17.7 Å². The Morgan fingerprint density at radius 1 is 1.15 bits per heavy atom. The first-order valence-corrected chi connectivity index (χ1v) is 6.36. The van der Waals surface area contributed by atoms with Gasteiger partial charge >= 0.3 is 0 Å². The summed E-state index contributed by atoms with van der Waals surface area (Å²) >= 11 is 5.78. The molecule has 0 aliphatic heterocycles. The molecule has 1 atom stereocenters. The van der Waals surface area contributed by atoms with Crippen LogP contribution in [0.25, 0.3) is 0 Å². The lowest BCUT2D eigenvalue weighted by atomic mass is 10.1. The highest BCUT2D eigenvalue weighted by Gasteiger charge is 2.15. The van der Waals surface area contributed by atoms with E-state index in [1.165, 1.54) is 0 Å². The highest BCUT2D eigenvalue weighted by Crippen LogP contribution is 2.17. The van der Waals surface area contributed by atoms with Gasteiger partial charge < -0.3 is 5.32 Å². The van der Waals surface area contributed by atoms with E-state index in [0.29, 0.717) is 11.1 Å². The second-order valence-electron chi connectivity index (χ2n) is 4.37. The average molecular weight is 296 g/mol. The fourth-order valence-electron chi connectivity index (χ4n) is 1.78. The van der Waals surface area contributed by atoms with Crippen molar-refractivity contribution in [1.82, 2.24) is 5.32 Å². The number of carbonyl (C=O) groups excluding carboxylic acids is 1. The fraction of sp³-hybridized carbons (Fsp3) is 0.133. The van der Waals surface area contributed by atoms with Crippen molar-refractivity contribution in [3.8, 4) is 0 Å². The van der Waals surface area contributed by atoms with Crippen molar-refractivity contribution >= 4 is 17.5 Å². The molecule has 0 saturated carbocycles. The predicted octanol–water partition coefficient (Wildman–Crippen LogP) is 4.11. The van der Waals surface area contributed by atoms with Gasteiger partial charge in [0.2, 0.25) is 0 Å². The molecule has 0 aliphatic rings. The van der Waals surface area contributed by atoms with Crippen LogP contribution >= 0.6 is 11.6 Å².